The molecule has 0 saturated carbocycles. The van der Waals surface area contributed by atoms with Crippen LogP contribution in [0, 0.1) is 18.8 Å². The van der Waals surface area contributed by atoms with Gasteiger partial charge in [-0.1, -0.05) is 49.9 Å². The van der Waals surface area contributed by atoms with Gasteiger partial charge in [-0.15, -0.1) is 0 Å². The van der Waals surface area contributed by atoms with Gasteiger partial charge in [-0.3, -0.25) is 4.79 Å². The molecule has 0 aliphatic carbocycles. The van der Waals surface area contributed by atoms with Crippen LogP contribution in [0.5, 0.6) is 11.5 Å². The first-order valence-electron chi connectivity index (χ1n) is 16.2. The molecule has 0 spiro atoms. The number of aryl methyl sites for hydroxylation is 1. The van der Waals surface area contributed by atoms with Crippen molar-refractivity contribution in [1.82, 2.24) is 4.90 Å². The number of aromatic hydroxyl groups is 1. The van der Waals surface area contributed by atoms with Crippen LogP contribution in [0.1, 0.15) is 31.6 Å². The summed E-state index contributed by atoms with van der Waals surface area (Å²) in [5.41, 5.74) is 3.57. The first-order chi connectivity index (χ1) is 23.7. The normalized spacial score (nSPS) is 16.5. The number of benzene rings is 3. The van der Waals surface area contributed by atoms with Gasteiger partial charge in [0, 0.05) is 40.6 Å². The summed E-state index contributed by atoms with van der Waals surface area (Å²) in [4.78, 5) is 39.0. The molecule has 5 N–H and O–H groups in total. The topological polar surface area (TPSA) is 181 Å². The number of carbonyl (C=O) groups is 2. The fraction of sp³-hybridized carbons (Fsp3) is 0.378. The number of aliphatic hydroxyl groups excluding tert-OH is 2. The number of rotatable bonds is 7. The lowest BCUT2D eigenvalue weighted by molar-refractivity contribution is -0.165. The summed E-state index contributed by atoms with van der Waals surface area (Å²) >= 11 is 1.88. The van der Waals surface area contributed by atoms with E-state index < -0.39 is 24.1 Å². The van der Waals surface area contributed by atoms with Crippen molar-refractivity contribution in [3.63, 3.8) is 0 Å². The second-order valence-corrected chi connectivity index (χ2v) is 13.9. The Morgan fingerprint density at radius 1 is 0.980 bits per heavy atom. The number of fused-ring (bicyclic) bond motifs is 4. The van der Waals surface area contributed by atoms with Gasteiger partial charge in [0.2, 0.25) is 0 Å². The van der Waals surface area contributed by atoms with E-state index >= 15 is 0 Å². The second-order valence-electron chi connectivity index (χ2n) is 12.8. The molecule has 268 valence electrons. The summed E-state index contributed by atoms with van der Waals surface area (Å²) in [7, 11) is 4.29. The Balaban J connectivity index is 0.000000180. The molecule has 0 saturated heterocycles. The molecule has 2 aliphatic heterocycles. The Bertz CT molecular complexity index is 1810. The van der Waals surface area contributed by atoms with Crippen molar-refractivity contribution in [3.8, 4) is 11.5 Å². The van der Waals surface area contributed by atoms with E-state index in [1.54, 1.807) is 13.0 Å². The molecule has 1 aromatic heterocycles. The average Bonchev–Trinajstić information content (AvgIpc) is 3.25. The molecule has 12 nitrogen and oxygen atoms in total. The SMILES string of the molecule is CC(CN(C)C)CN1c2ccccc2Sc2ccccc21.Cc1cc(=O)c2c(O)c3c(cc2o1)OCC(C)CC3.O=C(O)C(O)C(O)C(=O)O. The highest BCUT2D eigenvalue weighted by Crippen LogP contribution is 2.48. The van der Waals surface area contributed by atoms with E-state index in [1.807, 2.05) is 11.8 Å². The summed E-state index contributed by atoms with van der Waals surface area (Å²) in [5.74, 6) is -1.33. The number of nitrogens with zero attached hydrogens (tertiary/aromatic N) is 2. The quantitative estimate of drug-likeness (QED) is 0.171. The summed E-state index contributed by atoms with van der Waals surface area (Å²) in [6.07, 6.45) is -2.88. The van der Waals surface area contributed by atoms with Gasteiger partial charge in [0.25, 0.3) is 0 Å². The molecule has 13 heteroatoms. The van der Waals surface area contributed by atoms with Crippen LogP contribution in [-0.2, 0) is 16.0 Å². The molecule has 4 unspecified atom stereocenters. The van der Waals surface area contributed by atoms with Crippen LogP contribution in [0.25, 0.3) is 11.0 Å². The van der Waals surface area contributed by atoms with Gasteiger partial charge < -0.3 is 44.5 Å². The predicted molar refractivity (Wildman–Crippen MR) is 191 cm³/mol. The highest BCUT2D eigenvalue weighted by molar-refractivity contribution is 7.99. The lowest BCUT2D eigenvalue weighted by Crippen LogP contribution is -2.39. The third-order valence-corrected chi connectivity index (χ3v) is 9.23. The van der Waals surface area contributed by atoms with Gasteiger partial charge in [-0.2, -0.15) is 0 Å². The maximum Gasteiger partial charge on any atom is 0.335 e. The van der Waals surface area contributed by atoms with E-state index in [4.69, 9.17) is 29.6 Å². The van der Waals surface area contributed by atoms with Crippen LogP contribution in [-0.4, -0.2) is 88.4 Å². The molecule has 4 aromatic rings. The Labute approximate surface area is 294 Å². The van der Waals surface area contributed by atoms with E-state index in [0.29, 0.717) is 47.5 Å². The van der Waals surface area contributed by atoms with Crippen molar-refractivity contribution in [3.05, 3.63) is 82.2 Å². The van der Waals surface area contributed by atoms with E-state index in [9.17, 15) is 19.5 Å². The Morgan fingerprint density at radius 2 is 1.54 bits per heavy atom. The number of phenolic OH excluding ortho intramolecular Hbond substituents is 1. The molecule has 0 amide bonds. The van der Waals surface area contributed by atoms with Crippen LogP contribution >= 0.6 is 11.8 Å². The van der Waals surface area contributed by atoms with E-state index in [1.165, 1.54) is 27.2 Å². The molecule has 2 aliphatic rings. The number of carboxylic acid groups (broad SMARTS) is 2. The van der Waals surface area contributed by atoms with Crippen molar-refractivity contribution in [2.24, 2.45) is 11.8 Å². The summed E-state index contributed by atoms with van der Waals surface area (Å²) in [6, 6.07) is 20.6. The minimum atomic E-state index is -2.27. The molecule has 3 aromatic carbocycles. The molecular weight excluding hydrogens is 664 g/mol. The Morgan fingerprint density at radius 3 is 2.08 bits per heavy atom. The first-order valence-corrected chi connectivity index (χ1v) is 17.0. The maximum absolute atomic E-state index is 12.0. The van der Waals surface area contributed by atoms with Crippen molar-refractivity contribution < 1.29 is 44.3 Å². The zero-order valence-electron chi connectivity index (χ0n) is 28.7. The number of hydrogen-bond donors (Lipinski definition) is 5. The molecule has 6 rings (SSSR count). The number of phenols is 1. The van der Waals surface area contributed by atoms with Gasteiger partial charge in [-0.05, 0) is 70.0 Å². The number of ether oxygens (including phenoxy) is 1. The highest BCUT2D eigenvalue weighted by atomic mass is 32.2. The monoisotopic (exact) mass is 708 g/mol. The molecule has 0 bridgehead atoms. The molecular formula is C37H44N2O10S. The van der Waals surface area contributed by atoms with Gasteiger partial charge in [0.15, 0.2) is 17.6 Å². The Kier molecular flexibility index (Phi) is 12.9. The summed E-state index contributed by atoms with van der Waals surface area (Å²) in [6.45, 7) is 8.92. The number of aliphatic carboxylic acids is 2. The molecule has 50 heavy (non-hydrogen) atoms. The fourth-order valence-electron chi connectivity index (χ4n) is 5.76. The van der Waals surface area contributed by atoms with Crippen molar-refractivity contribution >= 4 is 46.0 Å². The second kappa shape index (κ2) is 16.9. The molecule has 0 radical (unpaired) electrons. The van der Waals surface area contributed by atoms with Crippen molar-refractivity contribution in [1.29, 1.82) is 0 Å². The van der Waals surface area contributed by atoms with Gasteiger partial charge in [0.1, 0.15) is 28.2 Å². The Hall–Kier alpha value is -4.56. The van der Waals surface area contributed by atoms with E-state index in [2.05, 4.69) is 86.3 Å². The molecule has 3 heterocycles. The van der Waals surface area contributed by atoms with E-state index in [-0.39, 0.29) is 16.6 Å². The molecule has 4 atom stereocenters. The number of para-hydroxylation sites is 2. The zero-order valence-corrected chi connectivity index (χ0v) is 29.5. The van der Waals surface area contributed by atoms with Gasteiger partial charge >= 0.3 is 11.9 Å². The maximum atomic E-state index is 12.0. The third-order valence-electron chi connectivity index (χ3n) is 8.10. The minimum Gasteiger partial charge on any atom is -0.507 e. The smallest absolute Gasteiger partial charge is 0.335 e. The van der Waals surface area contributed by atoms with Gasteiger partial charge in [-0.25, -0.2) is 9.59 Å². The summed E-state index contributed by atoms with van der Waals surface area (Å²) in [5, 5.41) is 43.1. The minimum absolute atomic E-state index is 0.00958. The largest absolute Gasteiger partial charge is 0.507 e. The van der Waals surface area contributed by atoms with Crippen molar-refractivity contribution in [2.75, 3.05) is 38.7 Å². The summed E-state index contributed by atoms with van der Waals surface area (Å²) < 4.78 is 11.2. The van der Waals surface area contributed by atoms with Crippen LogP contribution in [0.2, 0.25) is 0 Å². The number of hydrogen-bond acceptors (Lipinski definition) is 11. The third kappa shape index (κ3) is 9.36. The van der Waals surface area contributed by atoms with Crippen LogP contribution in [0.3, 0.4) is 0 Å². The number of aliphatic hydroxyl groups is 2. The fourth-order valence-corrected chi connectivity index (χ4v) is 6.85. The average molecular weight is 709 g/mol. The number of anilines is 2. The lowest BCUT2D eigenvalue weighted by atomic mass is 10.00. The van der Waals surface area contributed by atoms with E-state index in [0.717, 1.165) is 19.5 Å². The lowest BCUT2D eigenvalue weighted by Gasteiger charge is -2.35. The highest BCUT2D eigenvalue weighted by Gasteiger charge is 2.29. The molecule has 0 fully saturated rings. The van der Waals surface area contributed by atoms with Gasteiger partial charge in [0.05, 0.1) is 18.0 Å². The predicted octanol–water partition coefficient (Wildman–Crippen LogP) is 5.13. The van der Waals surface area contributed by atoms with Crippen LogP contribution in [0.15, 0.2) is 79.7 Å². The van der Waals surface area contributed by atoms with Crippen LogP contribution in [0.4, 0.5) is 11.4 Å². The number of carboxylic acids is 2. The zero-order chi connectivity index (χ0) is 36.7. The van der Waals surface area contributed by atoms with Crippen LogP contribution < -0.4 is 15.1 Å². The standard InChI is InChI=1S/C18H22N2S.C15H16O4.C4H6O6/c1-14(12-19(2)3)13-20-15-8-4-6-10-17(15)21-18-11-7-5-9-16(18)20;1-8-3-4-10-12(18-7-8)6-13-14(15(10)17)11(16)5-9(2)19-13;5-1(3(7)8)2(6)4(9)10/h4-11,14H,12-13H2,1-3H3;5-6,8,17H,3-4,7H2,1-2H3;1-2,5-6H,(H,7,8)(H,9,10). The first kappa shape index (κ1) is 38.2. The van der Waals surface area contributed by atoms with Crippen molar-refractivity contribution in [2.45, 2.75) is 55.6 Å².